The molecule has 1 aromatic carbocycles. The molecule has 0 bridgehead atoms. The molecule has 4 heteroatoms. The van der Waals surface area contributed by atoms with Gasteiger partial charge in [-0.05, 0) is 30.4 Å². The van der Waals surface area contributed by atoms with E-state index < -0.39 is 0 Å². The largest absolute Gasteiger partial charge is 0.379 e. The van der Waals surface area contributed by atoms with Crippen molar-refractivity contribution >= 4 is 11.6 Å². The molecule has 1 saturated carbocycles. The van der Waals surface area contributed by atoms with Crippen LogP contribution in [0.15, 0.2) is 24.3 Å². The molecule has 128 valence electrons. The molecule has 0 spiro atoms. The van der Waals surface area contributed by atoms with E-state index >= 15 is 0 Å². The number of rotatable bonds is 5. The van der Waals surface area contributed by atoms with Gasteiger partial charge in [-0.1, -0.05) is 50.1 Å². The van der Waals surface area contributed by atoms with Crippen molar-refractivity contribution in [3.05, 3.63) is 34.9 Å². The molecule has 0 radical (unpaired) electrons. The average Bonchev–Trinajstić information content (AvgIpc) is 3.03. The normalized spacial score (nSPS) is 28.9. The predicted molar refractivity (Wildman–Crippen MR) is 96.2 cm³/mol. The monoisotopic (exact) mass is 336 g/mol. The molecule has 23 heavy (non-hydrogen) atoms. The zero-order valence-electron chi connectivity index (χ0n) is 14.3. The van der Waals surface area contributed by atoms with E-state index in [1.54, 1.807) is 0 Å². The molecular formula is C19H29ClN2O. The Kier molecular flexibility index (Phi) is 5.63. The van der Waals surface area contributed by atoms with E-state index in [-0.39, 0.29) is 5.41 Å². The van der Waals surface area contributed by atoms with Crippen LogP contribution in [0.25, 0.3) is 0 Å². The average molecular weight is 337 g/mol. The summed E-state index contributed by atoms with van der Waals surface area (Å²) in [6.45, 7) is 8.18. The van der Waals surface area contributed by atoms with Gasteiger partial charge in [0.15, 0.2) is 0 Å². The number of halogens is 1. The lowest BCUT2D eigenvalue weighted by atomic mass is 9.83. The first-order valence-corrected chi connectivity index (χ1v) is 9.25. The number of nitrogens with one attached hydrogen (secondary N) is 2. The van der Waals surface area contributed by atoms with Crippen LogP contribution >= 0.6 is 11.6 Å². The summed E-state index contributed by atoms with van der Waals surface area (Å²) in [5.41, 5.74) is 1.25. The fraction of sp³-hybridized carbons (Fsp3) is 0.684. The maximum Gasteiger partial charge on any atom is 0.0623 e. The van der Waals surface area contributed by atoms with Gasteiger partial charge in [0.1, 0.15) is 0 Å². The van der Waals surface area contributed by atoms with Gasteiger partial charge in [-0.25, -0.2) is 0 Å². The SMILES string of the molecule is CC(C)(CNC1CCCC1C1COCCN1)c1ccccc1Cl. The molecule has 0 aromatic heterocycles. The molecular weight excluding hydrogens is 308 g/mol. The predicted octanol–water partition coefficient (Wildman–Crippen LogP) is 3.36. The van der Waals surface area contributed by atoms with E-state index in [9.17, 15) is 0 Å². The molecule has 2 aliphatic rings. The van der Waals surface area contributed by atoms with Gasteiger partial charge < -0.3 is 15.4 Å². The Bertz CT molecular complexity index is 514. The molecule has 1 aromatic rings. The number of benzene rings is 1. The summed E-state index contributed by atoms with van der Waals surface area (Å²) in [5.74, 6) is 0.678. The second-order valence-corrected chi connectivity index (χ2v) is 7.99. The summed E-state index contributed by atoms with van der Waals surface area (Å²) < 4.78 is 5.67. The standard InChI is InChI=1S/C19H29ClN2O/c1-19(2,15-7-3-4-8-16(15)20)13-22-17-9-5-6-14(17)18-12-23-11-10-21-18/h3-4,7-8,14,17-18,21-22H,5-6,9-13H2,1-2H3. The van der Waals surface area contributed by atoms with Crippen LogP contribution in [0.2, 0.25) is 5.02 Å². The quantitative estimate of drug-likeness (QED) is 0.865. The van der Waals surface area contributed by atoms with E-state index in [4.69, 9.17) is 16.3 Å². The molecule has 3 nitrogen and oxygen atoms in total. The number of morpholine rings is 1. The Balaban J connectivity index is 1.61. The second kappa shape index (κ2) is 7.52. The van der Waals surface area contributed by atoms with Gasteiger partial charge in [0, 0.05) is 35.6 Å². The van der Waals surface area contributed by atoms with Crippen LogP contribution in [0.3, 0.4) is 0 Å². The van der Waals surface area contributed by atoms with Gasteiger partial charge in [0.25, 0.3) is 0 Å². The summed E-state index contributed by atoms with van der Waals surface area (Å²) in [5, 5.41) is 8.35. The van der Waals surface area contributed by atoms with Crippen LogP contribution in [0.1, 0.15) is 38.7 Å². The van der Waals surface area contributed by atoms with Crippen molar-refractivity contribution in [1.82, 2.24) is 10.6 Å². The highest BCUT2D eigenvalue weighted by molar-refractivity contribution is 6.31. The first-order valence-electron chi connectivity index (χ1n) is 8.87. The number of ether oxygens (including phenoxy) is 1. The minimum absolute atomic E-state index is 0.0297. The third-order valence-electron chi connectivity index (χ3n) is 5.45. The fourth-order valence-electron chi connectivity index (χ4n) is 4.08. The Hall–Kier alpha value is -0.610. The smallest absolute Gasteiger partial charge is 0.0623 e. The van der Waals surface area contributed by atoms with E-state index in [0.29, 0.717) is 18.0 Å². The molecule has 3 unspecified atom stereocenters. The molecule has 1 heterocycles. The van der Waals surface area contributed by atoms with Crippen molar-refractivity contribution in [2.24, 2.45) is 5.92 Å². The first-order chi connectivity index (χ1) is 11.1. The zero-order chi connectivity index (χ0) is 16.3. The van der Waals surface area contributed by atoms with Gasteiger partial charge >= 0.3 is 0 Å². The van der Waals surface area contributed by atoms with E-state index in [0.717, 1.165) is 31.3 Å². The maximum absolute atomic E-state index is 6.40. The van der Waals surface area contributed by atoms with Crippen LogP contribution < -0.4 is 10.6 Å². The van der Waals surface area contributed by atoms with Crippen LogP contribution in [-0.4, -0.2) is 38.4 Å². The highest BCUT2D eigenvalue weighted by atomic mass is 35.5. The van der Waals surface area contributed by atoms with Gasteiger partial charge in [-0.15, -0.1) is 0 Å². The summed E-state index contributed by atoms with van der Waals surface area (Å²) >= 11 is 6.40. The molecule has 1 saturated heterocycles. The molecule has 2 N–H and O–H groups in total. The highest BCUT2D eigenvalue weighted by Crippen LogP contribution is 2.32. The third-order valence-corrected chi connectivity index (χ3v) is 5.78. The number of hydrogen-bond donors (Lipinski definition) is 2. The van der Waals surface area contributed by atoms with Crippen LogP contribution in [0.4, 0.5) is 0 Å². The summed E-state index contributed by atoms with van der Waals surface area (Å²) in [6.07, 6.45) is 3.87. The van der Waals surface area contributed by atoms with Gasteiger partial charge in [0.2, 0.25) is 0 Å². The zero-order valence-corrected chi connectivity index (χ0v) is 15.0. The Morgan fingerprint density at radius 1 is 1.30 bits per heavy atom. The minimum Gasteiger partial charge on any atom is -0.379 e. The van der Waals surface area contributed by atoms with Crippen molar-refractivity contribution in [3.63, 3.8) is 0 Å². The molecule has 1 aliphatic carbocycles. The van der Waals surface area contributed by atoms with E-state index in [1.165, 1.54) is 24.8 Å². The lowest BCUT2D eigenvalue weighted by Gasteiger charge is -2.35. The van der Waals surface area contributed by atoms with Crippen LogP contribution in [-0.2, 0) is 10.2 Å². The minimum atomic E-state index is 0.0297. The Morgan fingerprint density at radius 3 is 2.87 bits per heavy atom. The topological polar surface area (TPSA) is 33.3 Å². The molecule has 1 aliphatic heterocycles. The summed E-state index contributed by atoms with van der Waals surface area (Å²) in [4.78, 5) is 0. The van der Waals surface area contributed by atoms with Crippen LogP contribution in [0, 0.1) is 5.92 Å². The van der Waals surface area contributed by atoms with Crippen molar-refractivity contribution in [2.45, 2.75) is 50.6 Å². The second-order valence-electron chi connectivity index (χ2n) is 7.58. The Morgan fingerprint density at radius 2 is 2.13 bits per heavy atom. The van der Waals surface area contributed by atoms with Gasteiger partial charge in [0.05, 0.1) is 13.2 Å². The Labute approximate surface area is 145 Å². The number of hydrogen-bond acceptors (Lipinski definition) is 3. The van der Waals surface area contributed by atoms with Crippen molar-refractivity contribution in [1.29, 1.82) is 0 Å². The third kappa shape index (κ3) is 4.08. The lowest BCUT2D eigenvalue weighted by molar-refractivity contribution is 0.0522. The van der Waals surface area contributed by atoms with Crippen molar-refractivity contribution < 1.29 is 4.74 Å². The highest BCUT2D eigenvalue weighted by Gasteiger charge is 2.35. The summed E-state index contributed by atoms with van der Waals surface area (Å²) in [6, 6.07) is 9.29. The van der Waals surface area contributed by atoms with Gasteiger partial charge in [-0.2, -0.15) is 0 Å². The van der Waals surface area contributed by atoms with E-state index in [1.807, 2.05) is 12.1 Å². The van der Waals surface area contributed by atoms with Crippen LogP contribution in [0.5, 0.6) is 0 Å². The molecule has 0 amide bonds. The fourth-order valence-corrected chi connectivity index (χ4v) is 4.47. The van der Waals surface area contributed by atoms with Gasteiger partial charge in [-0.3, -0.25) is 0 Å². The molecule has 3 atom stereocenters. The molecule has 3 rings (SSSR count). The van der Waals surface area contributed by atoms with E-state index in [2.05, 4.69) is 36.6 Å². The maximum atomic E-state index is 6.40. The first kappa shape index (κ1) is 17.2. The molecule has 2 fully saturated rings. The van der Waals surface area contributed by atoms with Crippen molar-refractivity contribution in [3.8, 4) is 0 Å². The summed E-state index contributed by atoms with van der Waals surface area (Å²) in [7, 11) is 0. The van der Waals surface area contributed by atoms with Crippen molar-refractivity contribution in [2.75, 3.05) is 26.3 Å². The lowest BCUT2D eigenvalue weighted by Crippen LogP contribution is -2.52.